The van der Waals surface area contributed by atoms with Crippen molar-refractivity contribution in [1.82, 2.24) is 20.0 Å². The van der Waals surface area contributed by atoms with Gasteiger partial charge in [0.15, 0.2) is 11.5 Å². The number of anilines is 1. The highest BCUT2D eigenvalue weighted by atomic mass is 35.5. The molecule has 1 aliphatic heterocycles. The molecule has 0 bridgehead atoms. The summed E-state index contributed by atoms with van der Waals surface area (Å²) < 4.78 is 16.5. The Bertz CT molecular complexity index is 833. The fourth-order valence-electron chi connectivity index (χ4n) is 3.19. The first-order valence-corrected chi connectivity index (χ1v) is 10.8. The second-order valence-corrected chi connectivity index (χ2v) is 7.98. The van der Waals surface area contributed by atoms with Gasteiger partial charge in [-0.05, 0) is 26.1 Å². The minimum Gasteiger partial charge on any atom is -0.493 e. The number of hydrogen-bond donors (Lipinski definition) is 1. The number of piperazine rings is 1. The van der Waals surface area contributed by atoms with Gasteiger partial charge in [-0.3, -0.25) is 4.79 Å². The average Bonchev–Trinajstić information content (AvgIpc) is 3.22. The van der Waals surface area contributed by atoms with Crippen LogP contribution in [0.2, 0.25) is 0 Å². The summed E-state index contributed by atoms with van der Waals surface area (Å²) in [5, 5.41) is 12.3. The lowest BCUT2D eigenvalue weighted by Crippen LogP contribution is -2.45. The summed E-state index contributed by atoms with van der Waals surface area (Å²) in [4.78, 5) is 16.9. The fraction of sp³-hybridized carbons (Fsp3) is 0.550. The minimum atomic E-state index is -0.0570. The standard InChI is InChI=1S/C20H29N5O4S.ClH/c1-5-29-18-15(27-3)12-14(13-16(18)28-4)19-22-23-20(30-19)21-17(26)6-7-25-10-8-24(2)9-11-25;/h12-13H,5-11H2,1-4H3,(H,21,23,26);1H. The normalized spacial score (nSPS) is 14.6. The zero-order valence-corrected chi connectivity index (χ0v) is 20.0. The van der Waals surface area contributed by atoms with Crippen molar-refractivity contribution in [2.24, 2.45) is 0 Å². The number of amides is 1. The van der Waals surface area contributed by atoms with Gasteiger partial charge < -0.3 is 29.3 Å². The third kappa shape index (κ3) is 6.67. The third-order valence-corrected chi connectivity index (χ3v) is 5.81. The maximum absolute atomic E-state index is 12.3. The number of hydrogen-bond acceptors (Lipinski definition) is 9. The molecule has 2 heterocycles. The summed E-state index contributed by atoms with van der Waals surface area (Å²) >= 11 is 1.31. The van der Waals surface area contributed by atoms with Gasteiger partial charge in [0.05, 0.1) is 20.8 Å². The topological polar surface area (TPSA) is 89.0 Å². The van der Waals surface area contributed by atoms with Crippen LogP contribution in [0.25, 0.3) is 10.6 Å². The molecule has 0 aliphatic carbocycles. The van der Waals surface area contributed by atoms with Crippen LogP contribution in [-0.4, -0.2) is 86.5 Å². The highest BCUT2D eigenvalue weighted by molar-refractivity contribution is 7.18. The van der Waals surface area contributed by atoms with Gasteiger partial charge in [0.2, 0.25) is 16.8 Å². The first kappa shape index (κ1) is 25.1. The van der Waals surface area contributed by atoms with E-state index in [-0.39, 0.29) is 18.3 Å². The first-order valence-electron chi connectivity index (χ1n) is 9.97. The number of nitrogens with zero attached hydrogens (tertiary/aromatic N) is 4. The Morgan fingerprint density at radius 3 is 2.35 bits per heavy atom. The van der Waals surface area contributed by atoms with Crippen LogP contribution in [-0.2, 0) is 4.79 Å². The van der Waals surface area contributed by atoms with E-state index in [0.717, 1.165) is 38.3 Å². The Kier molecular flexibility index (Phi) is 9.76. The number of aromatic nitrogens is 2. The Balaban J connectivity index is 0.00000341. The first-order chi connectivity index (χ1) is 14.5. The Morgan fingerprint density at radius 1 is 1.13 bits per heavy atom. The number of carbonyl (C=O) groups excluding carboxylic acids is 1. The molecule has 11 heteroatoms. The molecule has 2 aromatic rings. The molecule has 3 rings (SSSR count). The number of ether oxygens (including phenoxy) is 3. The molecule has 0 spiro atoms. The molecular formula is C20H30ClN5O4S. The van der Waals surface area contributed by atoms with Crippen LogP contribution in [0.15, 0.2) is 12.1 Å². The molecule has 1 aromatic heterocycles. The van der Waals surface area contributed by atoms with Crippen LogP contribution in [0.4, 0.5) is 5.13 Å². The van der Waals surface area contributed by atoms with E-state index in [2.05, 4.69) is 32.4 Å². The van der Waals surface area contributed by atoms with E-state index in [1.165, 1.54) is 11.3 Å². The van der Waals surface area contributed by atoms with Crippen molar-refractivity contribution in [2.75, 3.05) is 65.9 Å². The molecule has 0 atom stereocenters. The molecule has 9 nitrogen and oxygen atoms in total. The number of methoxy groups -OCH3 is 2. The van der Waals surface area contributed by atoms with Crippen molar-refractivity contribution >= 4 is 34.8 Å². The number of nitrogens with one attached hydrogen (secondary N) is 1. The summed E-state index contributed by atoms with van der Waals surface area (Å²) in [6.07, 6.45) is 0.434. The summed E-state index contributed by atoms with van der Waals surface area (Å²) in [6, 6.07) is 3.65. The molecule has 1 N–H and O–H groups in total. The van der Waals surface area contributed by atoms with Crippen LogP contribution in [0.5, 0.6) is 17.2 Å². The molecule has 0 radical (unpaired) electrons. The lowest BCUT2D eigenvalue weighted by molar-refractivity contribution is -0.116. The van der Waals surface area contributed by atoms with Gasteiger partial charge in [0, 0.05) is 44.7 Å². The van der Waals surface area contributed by atoms with Crippen LogP contribution in [0, 0.1) is 0 Å². The lowest BCUT2D eigenvalue weighted by Gasteiger charge is -2.32. The predicted molar refractivity (Wildman–Crippen MR) is 124 cm³/mol. The molecule has 1 aliphatic rings. The molecule has 0 saturated carbocycles. The van der Waals surface area contributed by atoms with Gasteiger partial charge in [-0.25, -0.2) is 0 Å². The highest BCUT2D eigenvalue weighted by Crippen LogP contribution is 2.42. The van der Waals surface area contributed by atoms with E-state index in [0.29, 0.717) is 40.4 Å². The van der Waals surface area contributed by atoms with E-state index in [1.54, 1.807) is 14.2 Å². The van der Waals surface area contributed by atoms with Gasteiger partial charge in [0.25, 0.3) is 0 Å². The molecule has 1 aromatic carbocycles. The van der Waals surface area contributed by atoms with E-state index in [9.17, 15) is 4.79 Å². The molecule has 31 heavy (non-hydrogen) atoms. The quantitative estimate of drug-likeness (QED) is 0.597. The van der Waals surface area contributed by atoms with Crippen molar-refractivity contribution < 1.29 is 19.0 Å². The SMILES string of the molecule is CCOc1c(OC)cc(-c2nnc(NC(=O)CCN3CCN(C)CC3)s2)cc1OC.Cl. The van der Waals surface area contributed by atoms with Gasteiger partial charge in [-0.1, -0.05) is 11.3 Å². The van der Waals surface area contributed by atoms with Crippen LogP contribution in [0.1, 0.15) is 13.3 Å². The Labute approximate surface area is 193 Å². The van der Waals surface area contributed by atoms with Crippen LogP contribution in [0.3, 0.4) is 0 Å². The van der Waals surface area contributed by atoms with Crippen molar-refractivity contribution in [3.8, 4) is 27.8 Å². The fourth-order valence-corrected chi connectivity index (χ4v) is 3.94. The minimum absolute atomic E-state index is 0. The zero-order valence-electron chi connectivity index (χ0n) is 18.3. The van der Waals surface area contributed by atoms with Crippen molar-refractivity contribution in [3.05, 3.63) is 12.1 Å². The van der Waals surface area contributed by atoms with Gasteiger partial charge in [-0.15, -0.1) is 22.6 Å². The monoisotopic (exact) mass is 471 g/mol. The number of rotatable bonds is 9. The molecular weight excluding hydrogens is 442 g/mol. The second kappa shape index (κ2) is 12.0. The van der Waals surface area contributed by atoms with E-state index < -0.39 is 0 Å². The number of carbonyl (C=O) groups is 1. The van der Waals surface area contributed by atoms with Crippen LogP contribution < -0.4 is 19.5 Å². The smallest absolute Gasteiger partial charge is 0.227 e. The third-order valence-electron chi connectivity index (χ3n) is 4.92. The van der Waals surface area contributed by atoms with E-state index in [1.807, 2.05) is 19.1 Å². The van der Waals surface area contributed by atoms with Gasteiger partial charge in [0.1, 0.15) is 5.01 Å². The number of benzene rings is 1. The molecule has 0 unspecified atom stereocenters. The summed E-state index contributed by atoms with van der Waals surface area (Å²) in [6.45, 7) is 7.21. The van der Waals surface area contributed by atoms with Crippen molar-refractivity contribution in [3.63, 3.8) is 0 Å². The Hall–Kier alpha value is -2.14. The second-order valence-electron chi connectivity index (χ2n) is 7.00. The largest absolute Gasteiger partial charge is 0.493 e. The summed E-state index contributed by atoms with van der Waals surface area (Å²) in [7, 11) is 5.27. The van der Waals surface area contributed by atoms with Crippen molar-refractivity contribution in [2.45, 2.75) is 13.3 Å². The molecule has 1 amide bonds. The van der Waals surface area contributed by atoms with Crippen LogP contribution >= 0.6 is 23.7 Å². The molecule has 1 saturated heterocycles. The van der Waals surface area contributed by atoms with E-state index >= 15 is 0 Å². The van der Waals surface area contributed by atoms with Gasteiger partial charge >= 0.3 is 0 Å². The number of likely N-dealkylation sites (N-methyl/N-ethyl adjacent to an activating group) is 1. The maximum atomic E-state index is 12.3. The lowest BCUT2D eigenvalue weighted by atomic mass is 10.2. The maximum Gasteiger partial charge on any atom is 0.227 e. The Morgan fingerprint density at radius 2 is 1.77 bits per heavy atom. The number of halogens is 1. The van der Waals surface area contributed by atoms with Gasteiger partial charge in [-0.2, -0.15) is 0 Å². The van der Waals surface area contributed by atoms with E-state index in [4.69, 9.17) is 14.2 Å². The summed E-state index contributed by atoms with van der Waals surface area (Å²) in [5.74, 6) is 1.60. The summed E-state index contributed by atoms with van der Waals surface area (Å²) in [5.41, 5.74) is 0.780. The molecule has 1 fully saturated rings. The zero-order chi connectivity index (χ0) is 21.5. The predicted octanol–water partition coefficient (Wildman–Crippen LogP) is 2.62. The average molecular weight is 472 g/mol. The van der Waals surface area contributed by atoms with Crippen molar-refractivity contribution in [1.29, 1.82) is 0 Å². The molecule has 172 valence electrons. The highest BCUT2D eigenvalue weighted by Gasteiger charge is 2.18.